The van der Waals surface area contributed by atoms with Crippen LogP contribution in [0.25, 0.3) is 0 Å². The predicted octanol–water partition coefficient (Wildman–Crippen LogP) is 2.36. The van der Waals surface area contributed by atoms with Crippen molar-refractivity contribution in [2.45, 2.75) is 26.2 Å². The SMILES string of the molecule is CC(C)CC(=O)N1C[C@H](C(=O)O)[C@@H](c2ccccc2)C1. The van der Waals surface area contributed by atoms with Gasteiger partial charge >= 0.3 is 5.97 Å². The van der Waals surface area contributed by atoms with Crippen LogP contribution in [0.15, 0.2) is 30.3 Å². The molecule has 1 aromatic rings. The van der Waals surface area contributed by atoms with Crippen molar-refractivity contribution >= 4 is 11.9 Å². The van der Waals surface area contributed by atoms with Gasteiger partial charge in [-0.2, -0.15) is 0 Å². The lowest BCUT2D eigenvalue weighted by molar-refractivity contribution is -0.141. The molecule has 0 aliphatic carbocycles. The number of nitrogens with zero attached hydrogens (tertiary/aromatic N) is 1. The lowest BCUT2D eigenvalue weighted by atomic mass is 9.89. The van der Waals surface area contributed by atoms with Gasteiger partial charge in [-0.05, 0) is 11.5 Å². The minimum absolute atomic E-state index is 0.0599. The Hall–Kier alpha value is -1.84. The standard InChI is InChI=1S/C16H21NO3/c1-11(2)8-15(18)17-9-13(14(10-17)16(19)20)12-6-4-3-5-7-12/h3-7,11,13-14H,8-10H2,1-2H3,(H,19,20)/t13-,14+/m1/s1. The van der Waals surface area contributed by atoms with E-state index in [-0.39, 0.29) is 11.8 Å². The maximum atomic E-state index is 12.1. The number of likely N-dealkylation sites (tertiary alicyclic amines) is 1. The van der Waals surface area contributed by atoms with E-state index in [0.29, 0.717) is 25.4 Å². The van der Waals surface area contributed by atoms with E-state index < -0.39 is 11.9 Å². The van der Waals surface area contributed by atoms with Crippen LogP contribution in [0.4, 0.5) is 0 Å². The van der Waals surface area contributed by atoms with Gasteiger partial charge in [0.25, 0.3) is 0 Å². The first-order valence-electron chi connectivity index (χ1n) is 7.04. The van der Waals surface area contributed by atoms with E-state index in [0.717, 1.165) is 5.56 Å². The molecule has 1 heterocycles. The highest BCUT2D eigenvalue weighted by molar-refractivity contribution is 5.79. The van der Waals surface area contributed by atoms with Crippen molar-refractivity contribution in [1.29, 1.82) is 0 Å². The number of benzene rings is 1. The van der Waals surface area contributed by atoms with Gasteiger partial charge in [-0.3, -0.25) is 9.59 Å². The van der Waals surface area contributed by atoms with Gasteiger partial charge in [0.15, 0.2) is 0 Å². The largest absolute Gasteiger partial charge is 0.481 e. The molecule has 1 saturated heterocycles. The zero-order valence-corrected chi connectivity index (χ0v) is 12.0. The Balaban J connectivity index is 2.16. The third kappa shape index (κ3) is 3.18. The second-order valence-electron chi connectivity index (χ2n) is 5.86. The molecule has 0 bridgehead atoms. The summed E-state index contributed by atoms with van der Waals surface area (Å²) in [5, 5.41) is 9.39. The maximum Gasteiger partial charge on any atom is 0.308 e. The molecule has 4 nitrogen and oxygen atoms in total. The van der Waals surface area contributed by atoms with Crippen LogP contribution < -0.4 is 0 Å². The molecule has 1 N–H and O–H groups in total. The van der Waals surface area contributed by atoms with Gasteiger partial charge in [0.1, 0.15) is 0 Å². The molecule has 20 heavy (non-hydrogen) atoms. The Bertz CT molecular complexity index is 484. The summed E-state index contributed by atoms with van der Waals surface area (Å²) in [7, 11) is 0. The van der Waals surface area contributed by atoms with Crippen LogP contribution in [0.3, 0.4) is 0 Å². The molecule has 0 aromatic heterocycles. The first-order chi connectivity index (χ1) is 9.49. The van der Waals surface area contributed by atoms with E-state index in [1.54, 1.807) is 4.90 Å². The Morgan fingerprint density at radius 2 is 1.90 bits per heavy atom. The van der Waals surface area contributed by atoms with E-state index in [4.69, 9.17) is 0 Å². The van der Waals surface area contributed by atoms with Gasteiger partial charge in [-0.25, -0.2) is 0 Å². The lowest BCUT2D eigenvalue weighted by Gasteiger charge is -2.17. The highest BCUT2D eigenvalue weighted by Gasteiger charge is 2.40. The number of rotatable bonds is 4. The fraction of sp³-hybridized carbons (Fsp3) is 0.500. The van der Waals surface area contributed by atoms with Gasteiger partial charge in [0.05, 0.1) is 5.92 Å². The van der Waals surface area contributed by atoms with Crippen LogP contribution in [-0.4, -0.2) is 35.0 Å². The monoisotopic (exact) mass is 275 g/mol. The molecule has 0 radical (unpaired) electrons. The smallest absolute Gasteiger partial charge is 0.308 e. The molecular weight excluding hydrogens is 254 g/mol. The van der Waals surface area contributed by atoms with E-state index in [1.165, 1.54) is 0 Å². The summed E-state index contributed by atoms with van der Waals surface area (Å²) in [6.45, 7) is 4.82. The summed E-state index contributed by atoms with van der Waals surface area (Å²) in [5.74, 6) is -1.08. The average molecular weight is 275 g/mol. The molecule has 0 unspecified atom stereocenters. The topological polar surface area (TPSA) is 57.6 Å². The van der Waals surface area contributed by atoms with Crippen LogP contribution in [0, 0.1) is 11.8 Å². The highest BCUT2D eigenvalue weighted by Crippen LogP contribution is 2.33. The lowest BCUT2D eigenvalue weighted by Crippen LogP contribution is -2.30. The van der Waals surface area contributed by atoms with Gasteiger partial charge in [-0.15, -0.1) is 0 Å². The van der Waals surface area contributed by atoms with Crippen LogP contribution in [0.1, 0.15) is 31.7 Å². The Morgan fingerprint density at radius 3 is 2.45 bits per heavy atom. The summed E-state index contributed by atoms with van der Waals surface area (Å²) in [6.07, 6.45) is 0.480. The molecule has 1 aliphatic heterocycles. The molecule has 0 saturated carbocycles. The zero-order valence-electron chi connectivity index (χ0n) is 12.0. The first-order valence-corrected chi connectivity index (χ1v) is 7.04. The summed E-state index contributed by atoms with van der Waals surface area (Å²) < 4.78 is 0. The van der Waals surface area contributed by atoms with Crippen molar-refractivity contribution in [2.75, 3.05) is 13.1 Å². The number of hydrogen-bond acceptors (Lipinski definition) is 2. The molecule has 2 rings (SSSR count). The molecule has 108 valence electrons. The third-order valence-electron chi connectivity index (χ3n) is 3.80. The molecule has 1 aromatic carbocycles. The number of amides is 1. The second kappa shape index (κ2) is 6.07. The van der Waals surface area contributed by atoms with Crippen molar-refractivity contribution < 1.29 is 14.7 Å². The molecule has 1 fully saturated rings. The zero-order chi connectivity index (χ0) is 14.7. The average Bonchev–Trinajstić information content (AvgIpc) is 2.84. The predicted molar refractivity (Wildman–Crippen MR) is 76.3 cm³/mol. The molecule has 1 amide bonds. The van der Waals surface area contributed by atoms with Crippen molar-refractivity contribution in [1.82, 2.24) is 4.90 Å². The summed E-state index contributed by atoms with van der Waals surface area (Å²) in [4.78, 5) is 25.3. The molecular formula is C16H21NO3. The number of aliphatic carboxylic acids is 1. The number of carbonyl (C=O) groups excluding carboxylic acids is 1. The number of carboxylic acid groups (broad SMARTS) is 1. The second-order valence-corrected chi connectivity index (χ2v) is 5.86. The van der Waals surface area contributed by atoms with Gasteiger partial charge in [-0.1, -0.05) is 44.2 Å². The van der Waals surface area contributed by atoms with Crippen LogP contribution in [0.5, 0.6) is 0 Å². The number of carbonyl (C=O) groups is 2. The molecule has 4 heteroatoms. The Labute approximate surface area is 119 Å². The Kier molecular flexibility index (Phi) is 4.42. The summed E-state index contributed by atoms with van der Waals surface area (Å²) >= 11 is 0. The van der Waals surface area contributed by atoms with Crippen molar-refractivity contribution in [2.24, 2.45) is 11.8 Å². The van der Waals surface area contributed by atoms with Gasteiger partial charge in [0, 0.05) is 25.4 Å². The molecule has 0 spiro atoms. The fourth-order valence-electron chi connectivity index (χ4n) is 2.77. The minimum atomic E-state index is -0.821. The van der Waals surface area contributed by atoms with Crippen LogP contribution in [-0.2, 0) is 9.59 Å². The number of carboxylic acids is 1. The molecule has 2 atom stereocenters. The van der Waals surface area contributed by atoms with E-state index in [9.17, 15) is 14.7 Å². The quantitative estimate of drug-likeness (QED) is 0.917. The molecule has 1 aliphatic rings. The number of hydrogen-bond donors (Lipinski definition) is 1. The van der Waals surface area contributed by atoms with Crippen molar-refractivity contribution in [3.8, 4) is 0 Å². The van der Waals surface area contributed by atoms with Gasteiger partial charge < -0.3 is 10.0 Å². The van der Waals surface area contributed by atoms with Crippen molar-refractivity contribution in [3.05, 3.63) is 35.9 Å². The fourth-order valence-corrected chi connectivity index (χ4v) is 2.77. The van der Waals surface area contributed by atoms with Crippen molar-refractivity contribution in [3.63, 3.8) is 0 Å². The van der Waals surface area contributed by atoms with Crippen LogP contribution >= 0.6 is 0 Å². The van der Waals surface area contributed by atoms with E-state index in [1.807, 2.05) is 44.2 Å². The maximum absolute atomic E-state index is 12.1. The first kappa shape index (κ1) is 14.6. The van der Waals surface area contributed by atoms with Crippen LogP contribution in [0.2, 0.25) is 0 Å². The van der Waals surface area contributed by atoms with E-state index in [2.05, 4.69) is 0 Å². The Morgan fingerprint density at radius 1 is 1.25 bits per heavy atom. The third-order valence-corrected chi connectivity index (χ3v) is 3.80. The van der Waals surface area contributed by atoms with E-state index >= 15 is 0 Å². The normalized spacial score (nSPS) is 22.2. The highest BCUT2D eigenvalue weighted by atomic mass is 16.4. The minimum Gasteiger partial charge on any atom is -0.481 e. The summed E-state index contributed by atoms with van der Waals surface area (Å²) in [6, 6.07) is 9.61. The summed E-state index contributed by atoms with van der Waals surface area (Å²) in [5.41, 5.74) is 1.000. The van der Waals surface area contributed by atoms with Gasteiger partial charge in [0.2, 0.25) is 5.91 Å².